The van der Waals surface area contributed by atoms with E-state index in [9.17, 15) is 4.79 Å². The number of hydrogen-bond acceptors (Lipinski definition) is 7. The molecule has 7 heteroatoms. The summed E-state index contributed by atoms with van der Waals surface area (Å²) in [5.41, 5.74) is 6.27. The number of carbonyl (C=O) groups is 1. The minimum absolute atomic E-state index is 0.0714. The van der Waals surface area contributed by atoms with E-state index in [1.165, 1.54) is 6.42 Å². The monoisotopic (exact) mass is 508 g/mol. The zero-order valence-electron chi connectivity index (χ0n) is 21.9. The lowest BCUT2D eigenvalue weighted by Gasteiger charge is -2.39. The van der Waals surface area contributed by atoms with E-state index in [-0.39, 0.29) is 5.78 Å². The van der Waals surface area contributed by atoms with Gasteiger partial charge in [0.15, 0.2) is 11.5 Å². The van der Waals surface area contributed by atoms with Crippen LogP contribution in [0.15, 0.2) is 59.1 Å². The Morgan fingerprint density at radius 2 is 1.58 bits per heavy atom. The number of piperidine rings is 1. The molecule has 0 amide bonds. The quantitative estimate of drug-likeness (QED) is 0.313. The zero-order chi connectivity index (χ0) is 25.8. The molecule has 194 valence electrons. The van der Waals surface area contributed by atoms with E-state index in [4.69, 9.17) is 9.26 Å². The van der Waals surface area contributed by atoms with Crippen molar-refractivity contribution in [2.75, 3.05) is 61.1 Å². The number of para-hydroxylation sites is 2. The standard InChI is InChI=1S/C31H32N4O3/c1-20-8-7-13-35(19-20)24-18-25(34-16-14-33(15-17-34)23-11-5-6-12-26(23)37-2)29-28-27(24)30(36)21-9-3-4-10-22(21)31(28)38-32-29/h3-6,9-12,18,20H,7-8,13-17,19H2,1-2H3/t20-/m0/s1. The Hall–Kier alpha value is -4.00. The number of anilines is 3. The number of hydrogen-bond donors (Lipinski definition) is 0. The molecule has 2 aliphatic heterocycles. The first-order chi connectivity index (χ1) is 18.6. The van der Waals surface area contributed by atoms with Crippen LogP contribution in [0.5, 0.6) is 5.75 Å². The maximum atomic E-state index is 14.0. The molecule has 0 N–H and O–H groups in total. The Kier molecular flexibility index (Phi) is 5.53. The summed E-state index contributed by atoms with van der Waals surface area (Å²) in [5, 5.41) is 5.45. The average Bonchev–Trinajstić information content (AvgIpc) is 3.41. The molecule has 7 nitrogen and oxygen atoms in total. The molecular weight excluding hydrogens is 476 g/mol. The Morgan fingerprint density at radius 1 is 0.868 bits per heavy atom. The molecular formula is C31H32N4O3. The first-order valence-corrected chi connectivity index (χ1v) is 13.6. The van der Waals surface area contributed by atoms with Crippen LogP contribution in [0.4, 0.5) is 17.1 Å². The zero-order valence-corrected chi connectivity index (χ0v) is 21.9. The van der Waals surface area contributed by atoms with Crippen LogP contribution < -0.4 is 19.4 Å². The fraction of sp³-hybridized carbons (Fsp3) is 0.355. The van der Waals surface area contributed by atoms with Crippen LogP contribution in [0.1, 0.15) is 35.7 Å². The fourth-order valence-electron chi connectivity index (χ4n) is 6.50. The normalized spacial score (nSPS) is 19.2. The summed E-state index contributed by atoms with van der Waals surface area (Å²) >= 11 is 0. The number of rotatable bonds is 4. The lowest BCUT2D eigenvalue weighted by atomic mass is 9.85. The van der Waals surface area contributed by atoms with E-state index in [0.29, 0.717) is 17.2 Å². The van der Waals surface area contributed by atoms with Gasteiger partial charge in [0, 0.05) is 50.4 Å². The van der Waals surface area contributed by atoms with Crippen molar-refractivity contribution in [3.05, 3.63) is 65.7 Å². The van der Waals surface area contributed by atoms with Crippen molar-refractivity contribution in [3.8, 4) is 17.1 Å². The van der Waals surface area contributed by atoms with Crippen molar-refractivity contribution >= 4 is 33.7 Å². The minimum atomic E-state index is 0.0714. The molecule has 2 fully saturated rings. The van der Waals surface area contributed by atoms with Crippen LogP contribution in [0, 0.1) is 5.92 Å². The number of nitrogens with zero attached hydrogens (tertiary/aromatic N) is 4. The van der Waals surface area contributed by atoms with Gasteiger partial charge in [0.05, 0.1) is 35.1 Å². The molecule has 3 aromatic carbocycles. The first-order valence-electron chi connectivity index (χ1n) is 13.6. The van der Waals surface area contributed by atoms with E-state index in [0.717, 1.165) is 90.5 Å². The van der Waals surface area contributed by atoms with E-state index in [1.807, 2.05) is 36.4 Å². The van der Waals surface area contributed by atoms with Crippen molar-refractivity contribution in [2.24, 2.45) is 5.92 Å². The Morgan fingerprint density at radius 3 is 2.34 bits per heavy atom. The van der Waals surface area contributed by atoms with Gasteiger partial charge in [-0.25, -0.2) is 0 Å². The minimum Gasteiger partial charge on any atom is -0.495 e. The van der Waals surface area contributed by atoms with Crippen molar-refractivity contribution in [2.45, 2.75) is 19.8 Å². The van der Waals surface area contributed by atoms with Crippen LogP contribution in [-0.2, 0) is 0 Å². The highest BCUT2D eigenvalue weighted by Crippen LogP contribution is 2.47. The SMILES string of the molecule is COc1ccccc1N1CCN(c2cc(N3CCC[C@H](C)C3)c3c4c(onc24)-c2ccccc2C3=O)CC1. The van der Waals surface area contributed by atoms with E-state index < -0.39 is 0 Å². The fourth-order valence-corrected chi connectivity index (χ4v) is 6.50. The Bertz CT molecular complexity index is 1540. The average molecular weight is 509 g/mol. The summed E-state index contributed by atoms with van der Waals surface area (Å²) in [5.74, 6) is 2.27. The van der Waals surface area contributed by atoms with Gasteiger partial charge in [-0.15, -0.1) is 0 Å². The number of ketones is 1. The molecule has 1 atom stereocenters. The van der Waals surface area contributed by atoms with E-state index >= 15 is 0 Å². The summed E-state index contributed by atoms with van der Waals surface area (Å²) in [6.07, 6.45) is 2.36. The van der Waals surface area contributed by atoms with Gasteiger partial charge in [-0.1, -0.05) is 48.5 Å². The molecule has 3 aliphatic rings. The second-order valence-corrected chi connectivity index (χ2v) is 10.7. The summed E-state index contributed by atoms with van der Waals surface area (Å²) < 4.78 is 11.6. The van der Waals surface area contributed by atoms with Gasteiger partial charge >= 0.3 is 0 Å². The molecule has 1 aromatic heterocycles. The topological polar surface area (TPSA) is 62.1 Å². The lowest BCUT2D eigenvalue weighted by molar-refractivity contribution is 0.104. The Labute approximate surface area is 222 Å². The number of piperazine rings is 1. The van der Waals surface area contributed by atoms with Crippen LogP contribution in [0.2, 0.25) is 0 Å². The van der Waals surface area contributed by atoms with E-state index in [2.05, 4.69) is 45.0 Å². The van der Waals surface area contributed by atoms with Crippen LogP contribution in [0.25, 0.3) is 22.2 Å². The Balaban J connectivity index is 1.32. The van der Waals surface area contributed by atoms with Gasteiger partial charge in [-0.3, -0.25) is 4.79 Å². The summed E-state index contributed by atoms with van der Waals surface area (Å²) in [6, 6.07) is 18.2. The smallest absolute Gasteiger partial charge is 0.196 e. The molecule has 0 spiro atoms. The molecule has 7 rings (SSSR count). The number of benzene rings is 3. The maximum Gasteiger partial charge on any atom is 0.196 e. The van der Waals surface area contributed by atoms with Crippen molar-refractivity contribution in [3.63, 3.8) is 0 Å². The van der Waals surface area contributed by atoms with Gasteiger partial charge in [0.2, 0.25) is 0 Å². The third-order valence-corrected chi connectivity index (χ3v) is 8.40. The van der Waals surface area contributed by atoms with Crippen LogP contribution >= 0.6 is 0 Å². The third kappa shape index (κ3) is 3.56. The molecule has 38 heavy (non-hydrogen) atoms. The molecule has 4 aromatic rings. The predicted octanol–water partition coefficient (Wildman–Crippen LogP) is 5.61. The third-order valence-electron chi connectivity index (χ3n) is 8.40. The molecule has 0 unspecified atom stereocenters. The molecule has 2 saturated heterocycles. The number of fused-ring (bicyclic) bond motifs is 2. The summed E-state index contributed by atoms with van der Waals surface area (Å²) in [6.45, 7) is 7.63. The number of carbonyl (C=O) groups excluding carboxylic acids is 1. The van der Waals surface area contributed by atoms with Gasteiger partial charge in [0.1, 0.15) is 11.3 Å². The largest absolute Gasteiger partial charge is 0.495 e. The van der Waals surface area contributed by atoms with Crippen molar-refractivity contribution in [1.29, 1.82) is 0 Å². The lowest BCUT2D eigenvalue weighted by Crippen LogP contribution is -2.47. The maximum absolute atomic E-state index is 14.0. The molecule has 0 saturated carbocycles. The van der Waals surface area contributed by atoms with Crippen LogP contribution in [-0.4, -0.2) is 57.3 Å². The highest BCUT2D eigenvalue weighted by atomic mass is 16.5. The van der Waals surface area contributed by atoms with Crippen molar-refractivity contribution < 1.29 is 14.1 Å². The first kappa shape index (κ1) is 23.1. The van der Waals surface area contributed by atoms with Gasteiger partial charge < -0.3 is 24.0 Å². The van der Waals surface area contributed by atoms with Crippen molar-refractivity contribution in [1.82, 2.24) is 5.16 Å². The predicted molar refractivity (Wildman–Crippen MR) is 151 cm³/mol. The van der Waals surface area contributed by atoms with Gasteiger partial charge in [-0.05, 0) is 37.0 Å². The molecule has 0 radical (unpaired) electrons. The van der Waals surface area contributed by atoms with Gasteiger partial charge in [0.25, 0.3) is 0 Å². The highest BCUT2D eigenvalue weighted by molar-refractivity contribution is 6.28. The number of methoxy groups -OCH3 is 1. The van der Waals surface area contributed by atoms with Crippen LogP contribution in [0.3, 0.4) is 0 Å². The molecule has 3 heterocycles. The molecule has 1 aliphatic carbocycles. The van der Waals surface area contributed by atoms with Gasteiger partial charge in [-0.2, -0.15) is 0 Å². The molecule has 0 bridgehead atoms. The number of aromatic nitrogens is 1. The second-order valence-electron chi connectivity index (χ2n) is 10.7. The number of ether oxygens (including phenoxy) is 1. The second kappa shape index (κ2) is 9.08. The summed E-state index contributed by atoms with van der Waals surface area (Å²) in [7, 11) is 1.72. The van der Waals surface area contributed by atoms with E-state index in [1.54, 1.807) is 7.11 Å². The highest BCUT2D eigenvalue weighted by Gasteiger charge is 2.36. The summed E-state index contributed by atoms with van der Waals surface area (Å²) in [4.78, 5) is 21.2.